The molecule has 0 unspecified atom stereocenters. The topological polar surface area (TPSA) is 68.0 Å². The first-order chi connectivity index (χ1) is 12.1. The Bertz CT molecular complexity index is 849. The molecule has 1 atom stereocenters. The molecule has 0 fully saturated rings. The molecule has 3 aromatic rings. The predicted molar refractivity (Wildman–Crippen MR) is 96.1 cm³/mol. The molecule has 1 amide bonds. The minimum absolute atomic E-state index is 0.0431. The van der Waals surface area contributed by atoms with Crippen molar-refractivity contribution < 1.29 is 9.32 Å². The van der Waals surface area contributed by atoms with Crippen molar-refractivity contribution in [3.05, 3.63) is 71.1 Å². The van der Waals surface area contributed by atoms with Gasteiger partial charge < -0.3 is 9.84 Å². The van der Waals surface area contributed by atoms with Crippen LogP contribution in [0.4, 0.5) is 0 Å². The van der Waals surface area contributed by atoms with Gasteiger partial charge >= 0.3 is 0 Å². The summed E-state index contributed by atoms with van der Waals surface area (Å²) in [4.78, 5) is 16.4. The molecule has 0 aliphatic carbocycles. The van der Waals surface area contributed by atoms with Gasteiger partial charge in [-0.1, -0.05) is 59.2 Å². The fourth-order valence-electron chi connectivity index (χ4n) is 2.46. The summed E-state index contributed by atoms with van der Waals surface area (Å²) in [7, 11) is 0. The summed E-state index contributed by atoms with van der Waals surface area (Å²) >= 11 is 5.96. The fraction of sp³-hybridized carbons (Fsp3) is 0.211. The molecule has 0 bridgehead atoms. The molecule has 128 valence electrons. The van der Waals surface area contributed by atoms with Crippen LogP contribution in [0.15, 0.2) is 59.1 Å². The number of nitrogens with zero attached hydrogens (tertiary/aromatic N) is 2. The number of aromatic nitrogens is 2. The van der Waals surface area contributed by atoms with E-state index in [1.54, 1.807) is 12.1 Å². The van der Waals surface area contributed by atoms with Gasteiger partial charge in [0.15, 0.2) is 0 Å². The molecule has 2 aromatic carbocycles. The van der Waals surface area contributed by atoms with Crippen molar-refractivity contribution in [3.63, 3.8) is 0 Å². The van der Waals surface area contributed by atoms with Crippen LogP contribution in [0.25, 0.3) is 11.4 Å². The highest BCUT2D eigenvalue weighted by molar-refractivity contribution is 6.30. The minimum atomic E-state index is -0.0566. The van der Waals surface area contributed by atoms with Gasteiger partial charge in [0.1, 0.15) is 0 Å². The number of nitrogens with one attached hydrogen (secondary N) is 1. The Morgan fingerprint density at radius 2 is 2.00 bits per heavy atom. The summed E-state index contributed by atoms with van der Waals surface area (Å²) in [6, 6.07) is 17.0. The van der Waals surface area contributed by atoms with Crippen molar-refractivity contribution in [2.45, 2.75) is 25.8 Å². The molecule has 3 rings (SSSR count). The highest BCUT2D eigenvalue weighted by Crippen LogP contribution is 2.20. The van der Waals surface area contributed by atoms with E-state index < -0.39 is 0 Å². The van der Waals surface area contributed by atoms with Crippen molar-refractivity contribution in [1.29, 1.82) is 0 Å². The van der Waals surface area contributed by atoms with Crippen LogP contribution in [-0.4, -0.2) is 16.0 Å². The first kappa shape index (κ1) is 17.2. The molecule has 1 N–H and O–H groups in total. The van der Waals surface area contributed by atoms with Crippen LogP contribution in [0.1, 0.15) is 30.8 Å². The van der Waals surface area contributed by atoms with Crippen molar-refractivity contribution in [3.8, 4) is 11.4 Å². The molecule has 1 heterocycles. The van der Waals surface area contributed by atoms with E-state index in [-0.39, 0.29) is 18.4 Å². The Morgan fingerprint density at radius 3 is 2.76 bits per heavy atom. The van der Waals surface area contributed by atoms with Gasteiger partial charge in [-0.05, 0) is 24.6 Å². The van der Waals surface area contributed by atoms with Crippen LogP contribution >= 0.6 is 11.6 Å². The zero-order valence-electron chi connectivity index (χ0n) is 13.8. The number of hydrogen-bond acceptors (Lipinski definition) is 4. The maximum absolute atomic E-state index is 12.1. The highest BCUT2D eigenvalue weighted by Gasteiger charge is 2.13. The number of benzene rings is 2. The van der Waals surface area contributed by atoms with Crippen LogP contribution in [0, 0.1) is 0 Å². The second-order valence-corrected chi connectivity index (χ2v) is 6.16. The van der Waals surface area contributed by atoms with Crippen LogP contribution in [0.5, 0.6) is 0 Å². The summed E-state index contributed by atoms with van der Waals surface area (Å²) < 4.78 is 5.21. The van der Waals surface area contributed by atoms with Gasteiger partial charge in [-0.15, -0.1) is 0 Å². The van der Waals surface area contributed by atoms with Crippen LogP contribution in [0.3, 0.4) is 0 Å². The third kappa shape index (κ3) is 4.67. The quantitative estimate of drug-likeness (QED) is 0.719. The molecule has 6 heteroatoms. The number of halogens is 1. The summed E-state index contributed by atoms with van der Waals surface area (Å²) in [5.41, 5.74) is 1.85. The van der Waals surface area contributed by atoms with Crippen molar-refractivity contribution >= 4 is 17.5 Å². The third-order valence-corrected chi connectivity index (χ3v) is 4.03. The monoisotopic (exact) mass is 355 g/mol. The van der Waals surface area contributed by atoms with E-state index in [9.17, 15) is 4.79 Å². The second kappa shape index (κ2) is 7.94. The van der Waals surface area contributed by atoms with Crippen LogP contribution in [-0.2, 0) is 11.2 Å². The Morgan fingerprint density at radius 1 is 1.20 bits per heavy atom. The number of carbonyl (C=O) groups is 1. The molecule has 0 aliphatic rings. The molecule has 0 aliphatic heterocycles. The van der Waals surface area contributed by atoms with E-state index >= 15 is 0 Å². The van der Waals surface area contributed by atoms with E-state index in [2.05, 4.69) is 15.5 Å². The SMILES string of the molecule is C[C@@H](NC(=O)CCc1nc(-c2cccc(Cl)c2)no1)c1ccccc1. The molecule has 25 heavy (non-hydrogen) atoms. The zero-order valence-corrected chi connectivity index (χ0v) is 14.5. The molecule has 0 saturated heterocycles. The summed E-state index contributed by atoms with van der Waals surface area (Å²) in [5.74, 6) is 0.840. The fourth-order valence-corrected chi connectivity index (χ4v) is 2.65. The molecule has 0 spiro atoms. The van der Waals surface area contributed by atoms with Gasteiger partial charge in [0, 0.05) is 23.4 Å². The van der Waals surface area contributed by atoms with Crippen molar-refractivity contribution in [1.82, 2.24) is 15.5 Å². The van der Waals surface area contributed by atoms with Gasteiger partial charge in [0.2, 0.25) is 17.6 Å². The van der Waals surface area contributed by atoms with E-state index in [0.29, 0.717) is 23.2 Å². The van der Waals surface area contributed by atoms with E-state index in [4.69, 9.17) is 16.1 Å². The number of rotatable bonds is 6. The Kier molecular flexibility index (Phi) is 5.46. The Balaban J connectivity index is 1.54. The molecule has 0 radical (unpaired) electrons. The lowest BCUT2D eigenvalue weighted by molar-refractivity contribution is -0.121. The average Bonchev–Trinajstić information content (AvgIpc) is 3.10. The Labute approximate surface area is 151 Å². The zero-order chi connectivity index (χ0) is 17.6. The lowest BCUT2D eigenvalue weighted by Crippen LogP contribution is -2.26. The van der Waals surface area contributed by atoms with Gasteiger partial charge in [0.05, 0.1) is 6.04 Å². The van der Waals surface area contributed by atoms with Crippen LogP contribution in [0.2, 0.25) is 5.02 Å². The van der Waals surface area contributed by atoms with Gasteiger partial charge in [-0.25, -0.2) is 0 Å². The van der Waals surface area contributed by atoms with Gasteiger partial charge in [0.25, 0.3) is 0 Å². The molecular weight excluding hydrogens is 338 g/mol. The van der Waals surface area contributed by atoms with Crippen molar-refractivity contribution in [2.75, 3.05) is 0 Å². The molecule has 5 nitrogen and oxygen atoms in total. The number of carbonyl (C=O) groups excluding carboxylic acids is 1. The van der Waals surface area contributed by atoms with E-state index in [1.165, 1.54) is 0 Å². The maximum Gasteiger partial charge on any atom is 0.227 e. The van der Waals surface area contributed by atoms with Crippen LogP contribution < -0.4 is 5.32 Å². The normalized spacial score (nSPS) is 11.9. The smallest absolute Gasteiger partial charge is 0.227 e. The lowest BCUT2D eigenvalue weighted by Gasteiger charge is -2.13. The van der Waals surface area contributed by atoms with Gasteiger partial charge in [-0.2, -0.15) is 4.98 Å². The van der Waals surface area contributed by atoms with E-state index in [0.717, 1.165) is 11.1 Å². The number of amides is 1. The Hall–Kier alpha value is -2.66. The molecule has 1 aromatic heterocycles. The number of hydrogen-bond donors (Lipinski definition) is 1. The molecular formula is C19H18ClN3O2. The minimum Gasteiger partial charge on any atom is -0.350 e. The lowest BCUT2D eigenvalue weighted by atomic mass is 10.1. The van der Waals surface area contributed by atoms with E-state index in [1.807, 2.05) is 49.4 Å². The first-order valence-corrected chi connectivity index (χ1v) is 8.42. The third-order valence-electron chi connectivity index (χ3n) is 3.79. The maximum atomic E-state index is 12.1. The largest absolute Gasteiger partial charge is 0.350 e. The first-order valence-electron chi connectivity index (χ1n) is 8.04. The standard InChI is InChI=1S/C19H18ClN3O2/c1-13(14-6-3-2-4-7-14)21-17(24)10-11-18-22-19(23-25-18)15-8-5-9-16(20)12-15/h2-9,12-13H,10-11H2,1H3,(H,21,24)/t13-/m1/s1. The highest BCUT2D eigenvalue weighted by atomic mass is 35.5. The average molecular weight is 356 g/mol. The molecule has 0 saturated carbocycles. The number of aryl methyl sites for hydroxylation is 1. The predicted octanol–water partition coefficient (Wildman–Crippen LogP) is 4.20. The second-order valence-electron chi connectivity index (χ2n) is 5.72. The van der Waals surface area contributed by atoms with Crippen molar-refractivity contribution in [2.24, 2.45) is 0 Å². The summed E-state index contributed by atoms with van der Waals surface area (Å²) in [6.45, 7) is 1.96. The van der Waals surface area contributed by atoms with Gasteiger partial charge in [-0.3, -0.25) is 4.79 Å². The summed E-state index contributed by atoms with van der Waals surface area (Å²) in [5, 5.41) is 7.51. The summed E-state index contributed by atoms with van der Waals surface area (Å²) in [6.07, 6.45) is 0.676.